The van der Waals surface area contributed by atoms with E-state index in [1.807, 2.05) is 0 Å². The molecular formula is C17H19FN2O4. The third-order valence-electron chi connectivity index (χ3n) is 4.82. The van der Waals surface area contributed by atoms with Crippen molar-refractivity contribution in [2.75, 3.05) is 13.1 Å². The predicted molar refractivity (Wildman–Crippen MR) is 82.8 cm³/mol. The van der Waals surface area contributed by atoms with E-state index in [1.54, 1.807) is 11.0 Å². The minimum atomic E-state index is -1.25. The highest BCUT2D eigenvalue weighted by molar-refractivity contribution is 6.05. The van der Waals surface area contributed by atoms with Crippen LogP contribution in [0, 0.1) is 11.2 Å². The Morgan fingerprint density at radius 2 is 1.79 bits per heavy atom. The van der Waals surface area contributed by atoms with Gasteiger partial charge in [0.15, 0.2) is 0 Å². The molecule has 1 heterocycles. The van der Waals surface area contributed by atoms with Crippen molar-refractivity contribution in [3.05, 3.63) is 35.6 Å². The zero-order valence-corrected chi connectivity index (χ0v) is 13.1. The van der Waals surface area contributed by atoms with Gasteiger partial charge in [0.05, 0.1) is 5.56 Å². The fraction of sp³-hybridized carbons (Fsp3) is 0.471. The zero-order chi connectivity index (χ0) is 17.3. The predicted octanol–water partition coefficient (Wildman–Crippen LogP) is 1.41. The van der Waals surface area contributed by atoms with Crippen LogP contribution in [0.15, 0.2) is 24.3 Å². The standard InChI is InChI=1S/C17H19FN2O4/c18-13-4-2-1-3-12(13)14(21)20-9-5-11(6-10-20)19-15(22)17(7-8-17)16(23)24/h1-4,11H,5-10H2,(H,19,22)(H,23,24). The van der Waals surface area contributed by atoms with E-state index in [-0.39, 0.29) is 17.5 Å². The number of benzene rings is 1. The summed E-state index contributed by atoms with van der Waals surface area (Å²) in [7, 11) is 0. The summed E-state index contributed by atoms with van der Waals surface area (Å²) in [5.74, 6) is -2.42. The minimum Gasteiger partial charge on any atom is -0.480 e. The number of carboxylic acid groups (broad SMARTS) is 1. The molecule has 0 unspecified atom stereocenters. The second-order valence-electron chi connectivity index (χ2n) is 6.41. The van der Waals surface area contributed by atoms with E-state index < -0.39 is 23.1 Å². The molecule has 128 valence electrons. The number of nitrogens with zero attached hydrogens (tertiary/aromatic N) is 1. The number of piperidine rings is 1. The highest BCUT2D eigenvalue weighted by Crippen LogP contribution is 2.46. The van der Waals surface area contributed by atoms with E-state index >= 15 is 0 Å². The van der Waals surface area contributed by atoms with Gasteiger partial charge in [-0.15, -0.1) is 0 Å². The van der Waals surface area contributed by atoms with Crippen LogP contribution in [0.5, 0.6) is 0 Å². The molecule has 3 rings (SSSR count). The molecule has 1 aromatic carbocycles. The molecule has 1 saturated heterocycles. The molecular weight excluding hydrogens is 315 g/mol. The second-order valence-corrected chi connectivity index (χ2v) is 6.41. The molecule has 2 fully saturated rings. The van der Waals surface area contributed by atoms with Gasteiger partial charge in [-0.1, -0.05) is 12.1 Å². The molecule has 0 aromatic heterocycles. The van der Waals surface area contributed by atoms with Crippen LogP contribution in [0.2, 0.25) is 0 Å². The van der Waals surface area contributed by atoms with Crippen LogP contribution in [0.4, 0.5) is 4.39 Å². The first-order valence-electron chi connectivity index (χ1n) is 8.02. The van der Waals surface area contributed by atoms with Crippen molar-refractivity contribution < 1.29 is 23.9 Å². The summed E-state index contributed by atoms with van der Waals surface area (Å²) in [6, 6.07) is 5.70. The van der Waals surface area contributed by atoms with Crippen molar-refractivity contribution in [2.45, 2.75) is 31.7 Å². The molecule has 0 spiro atoms. The molecule has 7 heteroatoms. The van der Waals surface area contributed by atoms with E-state index in [0.717, 1.165) is 0 Å². The van der Waals surface area contributed by atoms with Crippen molar-refractivity contribution in [1.82, 2.24) is 10.2 Å². The van der Waals surface area contributed by atoms with Crippen LogP contribution in [-0.2, 0) is 9.59 Å². The topological polar surface area (TPSA) is 86.7 Å². The smallest absolute Gasteiger partial charge is 0.319 e. The lowest BCUT2D eigenvalue weighted by atomic mass is 10.0. The third-order valence-corrected chi connectivity index (χ3v) is 4.82. The summed E-state index contributed by atoms with van der Waals surface area (Å²) < 4.78 is 13.7. The molecule has 24 heavy (non-hydrogen) atoms. The number of amides is 2. The van der Waals surface area contributed by atoms with E-state index in [0.29, 0.717) is 38.8 Å². The molecule has 1 saturated carbocycles. The van der Waals surface area contributed by atoms with Crippen molar-refractivity contribution in [3.63, 3.8) is 0 Å². The number of nitrogens with one attached hydrogen (secondary N) is 1. The van der Waals surface area contributed by atoms with Gasteiger partial charge < -0.3 is 15.3 Å². The van der Waals surface area contributed by atoms with Gasteiger partial charge in [0, 0.05) is 19.1 Å². The molecule has 0 atom stereocenters. The summed E-state index contributed by atoms with van der Waals surface area (Å²) >= 11 is 0. The molecule has 2 aliphatic rings. The van der Waals surface area contributed by atoms with Crippen LogP contribution in [-0.4, -0.2) is 46.9 Å². The number of rotatable bonds is 4. The SMILES string of the molecule is O=C(c1ccccc1F)N1CCC(NC(=O)C2(C(=O)O)CC2)CC1. The molecule has 1 aliphatic heterocycles. The van der Waals surface area contributed by atoms with Gasteiger partial charge in [0.1, 0.15) is 11.2 Å². The summed E-state index contributed by atoms with van der Waals surface area (Å²) in [5, 5.41) is 11.9. The molecule has 2 amide bonds. The first kappa shape index (κ1) is 16.4. The largest absolute Gasteiger partial charge is 0.480 e. The third kappa shape index (κ3) is 2.98. The highest BCUT2D eigenvalue weighted by atomic mass is 19.1. The molecule has 2 N–H and O–H groups in total. The van der Waals surface area contributed by atoms with Crippen LogP contribution < -0.4 is 5.32 Å². The number of hydrogen-bond acceptors (Lipinski definition) is 3. The van der Waals surface area contributed by atoms with E-state index in [4.69, 9.17) is 5.11 Å². The van der Waals surface area contributed by atoms with Gasteiger partial charge >= 0.3 is 5.97 Å². The molecule has 0 radical (unpaired) electrons. The average molecular weight is 334 g/mol. The first-order chi connectivity index (χ1) is 11.4. The molecule has 1 aliphatic carbocycles. The Morgan fingerprint density at radius 3 is 2.33 bits per heavy atom. The second kappa shape index (κ2) is 6.22. The lowest BCUT2D eigenvalue weighted by Gasteiger charge is -2.33. The fourth-order valence-corrected chi connectivity index (χ4v) is 3.02. The monoisotopic (exact) mass is 334 g/mol. The van der Waals surface area contributed by atoms with Crippen molar-refractivity contribution >= 4 is 17.8 Å². The van der Waals surface area contributed by atoms with Crippen LogP contribution >= 0.6 is 0 Å². The Bertz CT molecular complexity index is 679. The zero-order valence-electron chi connectivity index (χ0n) is 13.1. The lowest BCUT2D eigenvalue weighted by Crippen LogP contribution is -2.49. The quantitative estimate of drug-likeness (QED) is 0.815. The number of carboxylic acids is 1. The molecule has 0 bridgehead atoms. The van der Waals surface area contributed by atoms with Crippen LogP contribution in [0.1, 0.15) is 36.0 Å². The number of likely N-dealkylation sites (tertiary alicyclic amines) is 1. The van der Waals surface area contributed by atoms with E-state index in [2.05, 4.69) is 5.32 Å². The van der Waals surface area contributed by atoms with Crippen molar-refractivity contribution in [2.24, 2.45) is 5.41 Å². The van der Waals surface area contributed by atoms with E-state index in [1.165, 1.54) is 18.2 Å². The Hall–Kier alpha value is -2.44. The van der Waals surface area contributed by atoms with Crippen LogP contribution in [0.25, 0.3) is 0 Å². The van der Waals surface area contributed by atoms with Crippen LogP contribution in [0.3, 0.4) is 0 Å². The Balaban J connectivity index is 1.55. The van der Waals surface area contributed by atoms with Gasteiger partial charge in [0.25, 0.3) is 5.91 Å². The number of aliphatic carboxylic acids is 1. The lowest BCUT2D eigenvalue weighted by molar-refractivity contribution is -0.149. The molecule has 6 nitrogen and oxygen atoms in total. The Kier molecular flexibility index (Phi) is 4.26. The number of hydrogen-bond donors (Lipinski definition) is 2. The normalized spacial score (nSPS) is 19.6. The van der Waals surface area contributed by atoms with Gasteiger partial charge in [-0.05, 0) is 37.8 Å². The number of halogens is 1. The number of carbonyl (C=O) groups excluding carboxylic acids is 2. The summed E-state index contributed by atoms with van der Waals surface area (Å²) in [6.45, 7) is 0.802. The Morgan fingerprint density at radius 1 is 1.17 bits per heavy atom. The Labute approximate surface area is 138 Å². The van der Waals surface area contributed by atoms with E-state index in [9.17, 15) is 18.8 Å². The summed E-state index contributed by atoms with van der Waals surface area (Å²) in [6.07, 6.45) is 1.81. The van der Waals surface area contributed by atoms with Gasteiger partial charge in [0.2, 0.25) is 5.91 Å². The average Bonchev–Trinajstić information content (AvgIpc) is 3.37. The maximum atomic E-state index is 13.7. The number of carbonyl (C=O) groups is 3. The summed E-state index contributed by atoms with van der Waals surface area (Å²) in [4.78, 5) is 37.1. The van der Waals surface area contributed by atoms with Gasteiger partial charge in [-0.2, -0.15) is 0 Å². The molecule has 1 aromatic rings. The van der Waals surface area contributed by atoms with Gasteiger partial charge in [-0.3, -0.25) is 14.4 Å². The first-order valence-corrected chi connectivity index (χ1v) is 8.02. The van der Waals surface area contributed by atoms with Gasteiger partial charge in [-0.25, -0.2) is 4.39 Å². The maximum absolute atomic E-state index is 13.7. The summed E-state index contributed by atoms with van der Waals surface area (Å²) in [5.41, 5.74) is -1.21. The maximum Gasteiger partial charge on any atom is 0.319 e. The highest BCUT2D eigenvalue weighted by Gasteiger charge is 2.57. The van der Waals surface area contributed by atoms with Crippen molar-refractivity contribution in [1.29, 1.82) is 0 Å². The fourth-order valence-electron chi connectivity index (χ4n) is 3.02. The van der Waals surface area contributed by atoms with Crippen molar-refractivity contribution in [3.8, 4) is 0 Å². The minimum absolute atomic E-state index is 0.0443.